The number of rotatable bonds is 10. The molecule has 0 aromatic heterocycles. The van der Waals surface area contributed by atoms with Crippen LogP contribution in [0.5, 0.6) is 5.75 Å². The Kier molecular flexibility index (Phi) is 9.36. The number of fused-ring (bicyclic) bond motifs is 2. The summed E-state index contributed by atoms with van der Waals surface area (Å²) in [6, 6.07) is 14.8. The first-order valence-electron chi connectivity index (χ1n) is 17.5. The zero-order valence-electron chi connectivity index (χ0n) is 28.3. The summed E-state index contributed by atoms with van der Waals surface area (Å²) in [6.07, 6.45) is 8.10. The molecule has 0 bridgehead atoms. The van der Waals surface area contributed by atoms with Crippen molar-refractivity contribution in [3.05, 3.63) is 84.5 Å². The van der Waals surface area contributed by atoms with Gasteiger partial charge in [0.2, 0.25) is 17.7 Å². The molecule has 3 fully saturated rings. The molecule has 0 aliphatic carbocycles. The van der Waals surface area contributed by atoms with Crippen LogP contribution in [0.25, 0.3) is 0 Å². The minimum Gasteiger partial charge on any atom is -0.494 e. The molecule has 5 heterocycles. The number of carbonyl (C=O) groups excluding carboxylic acids is 3. The quantitative estimate of drug-likeness (QED) is 0.385. The van der Waals surface area contributed by atoms with Gasteiger partial charge in [-0.3, -0.25) is 19.3 Å². The van der Waals surface area contributed by atoms with Gasteiger partial charge < -0.3 is 34.0 Å². The third-order valence-electron chi connectivity index (χ3n) is 10.9. The Labute approximate surface area is 287 Å². The number of hydrogen-bond donors (Lipinski definition) is 1. The van der Waals surface area contributed by atoms with Crippen LogP contribution in [0.1, 0.15) is 31.9 Å². The first kappa shape index (κ1) is 33.5. The maximum Gasteiger partial charge on any atom is 0.249 e. The van der Waals surface area contributed by atoms with Gasteiger partial charge in [-0.05, 0) is 43.2 Å². The van der Waals surface area contributed by atoms with Crippen LogP contribution in [0.15, 0.2) is 78.9 Å². The number of aliphatic hydroxyl groups excluding tert-OH is 1. The minimum absolute atomic E-state index is 0.235. The van der Waals surface area contributed by atoms with E-state index in [1.807, 2.05) is 92.7 Å². The fourth-order valence-corrected chi connectivity index (χ4v) is 8.52. The number of nitrogens with zero attached hydrogens (tertiary/aromatic N) is 4. The van der Waals surface area contributed by atoms with E-state index in [4.69, 9.17) is 14.2 Å². The number of carbonyl (C=O) groups is 3. The molecule has 1 unspecified atom stereocenters. The van der Waals surface area contributed by atoms with E-state index in [1.54, 1.807) is 9.80 Å². The van der Waals surface area contributed by atoms with Crippen LogP contribution < -0.4 is 9.64 Å². The highest BCUT2D eigenvalue weighted by Gasteiger charge is 2.76. The Hall–Kier alpha value is -4.03. The standard InChI is InChI=1S/C38H46N4O7/c1-3-37-16-8-19-41(28-12-14-29(15-13-28)48-4-2)34(44)31(37)32-35(45)42(30(26-43)27-10-6-5-7-11-27)33-36(46)40(18-9-17-38(32,33)49-37)21-20-39-22-24-47-25-23-39/h5-17,30-33,43H,3-4,18-26H2,1-2H3/t30-,31-,32+,33?,37+,38+/m1/s1. The third-order valence-corrected chi connectivity index (χ3v) is 10.9. The molecule has 1 N–H and O–H groups in total. The van der Waals surface area contributed by atoms with E-state index in [1.165, 1.54) is 4.90 Å². The summed E-state index contributed by atoms with van der Waals surface area (Å²) in [4.78, 5) is 52.2. The summed E-state index contributed by atoms with van der Waals surface area (Å²) < 4.78 is 18.3. The number of likely N-dealkylation sites (tertiary alicyclic amines) is 1. The fourth-order valence-electron chi connectivity index (χ4n) is 8.52. The number of aliphatic hydroxyl groups is 1. The van der Waals surface area contributed by atoms with Crippen molar-refractivity contribution in [2.75, 3.05) is 70.6 Å². The van der Waals surface area contributed by atoms with Gasteiger partial charge >= 0.3 is 0 Å². The lowest BCUT2D eigenvalue weighted by Gasteiger charge is -2.41. The highest BCUT2D eigenvalue weighted by atomic mass is 16.5. The second-order valence-electron chi connectivity index (χ2n) is 13.4. The van der Waals surface area contributed by atoms with E-state index in [9.17, 15) is 14.7 Å². The highest BCUT2D eigenvalue weighted by Crippen LogP contribution is 2.60. The van der Waals surface area contributed by atoms with Gasteiger partial charge in [-0.15, -0.1) is 0 Å². The van der Waals surface area contributed by atoms with Gasteiger partial charge in [0.1, 0.15) is 17.4 Å². The van der Waals surface area contributed by atoms with Gasteiger partial charge in [-0.1, -0.05) is 61.6 Å². The van der Waals surface area contributed by atoms with E-state index >= 15 is 4.79 Å². The fraction of sp³-hybridized carbons (Fsp3) is 0.500. The molecule has 260 valence electrons. The molecule has 2 aromatic rings. The summed E-state index contributed by atoms with van der Waals surface area (Å²) in [7, 11) is 0. The van der Waals surface area contributed by atoms with Crippen molar-refractivity contribution in [2.45, 2.75) is 43.6 Å². The summed E-state index contributed by atoms with van der Waals surface area (Å²) in [5.41, 5.74) is -1.15. The summed E-state index contributed by atoms with van der Waals surface area (Å²) >= 11 is 0. The third kappa shape index (κ3) is 5.66. The van der Waals surface area contributed by atoms with E-state index in [0.717, 1.165) is 13.1 Å². The van der Waals surface area contributed by atoms with Crippen molar-refractivity contribution in [1.29, 1.82) is 0 Å². The first-order chi connectivity index (χ1) is 23.9. The van der Waals surface area contributed by atoms with Crippen LogP contribution in [0.2, 0.25) is 0 Å². The van der Waals surface area contributed by atoms with Gasteiger partial charge in [-0.25, -0.2) is 0 Å². The molecule has 3 amide bonds. The Morgan fingerprint density at radius 3 is 2.31 bits per heavy atom. The van der Waals surface area contributed by atoms with Crippen molar-refractivity contribution in [1.82, 2.24) is 14.7 Å². The van der Waals surface area contributed by atoms with Crippen LogP contribution in [-0.4, -0.2) is 120 Å². The number of amides is 3. The lowest BCUT2D eigenvalue weighted by molar-refractivity contribution is -0.155. The Morgan fingerprint density at radius 2 is 1.61 bits per heavy atom. The molecule has 7 rings (SSSR count). The van der Waals surface area contributed by atoms with Gasteiger partial charge in [0, 0.05) is 45.0 Å². The van der Waals surface area contributed by atoms with E-state index in [2.05, 4.69) is 4.90 Å². The molecule has 5 aliphatic rings. The number of hydrogen-bond acceptors (Lipinski definition) is 8. The minimum atomic E-state index is -1.42. The zero-order valence-corrected chi connectivity index (χ0v) is 28.3. The number of anilines is 1. The molecule has 1 spiro atoms. The molecule has 3 saturated heterocycles. The number of ether oxygens (including phenoxy) is 3. The molecule has 11 heteroatoms. The van der Waals surface area contributed by atoms with Crippen molar-refractivity contribution >= 4 is 23.4 Å². The van der Waals surface area contributed by atoms with Crippen LogP contribution in [-0.2, 0) is 23.9 Å². The molecule has 2 aromatic carbocycles. The van der Waals surface area contributed by atoms with E-state index in [-0.39, 0.29) is 17.7 Å². The maximum absolute atomic E-state index is 15.1. The summed E-state index contributed by atoms with van der Waals surface area (Å²) in [5, 5.41) is 10.9. The molecule has 0 radical (unpaired) electrons. The number of morpholine rings is 1. The molecule has 49 heavy (non-hydrogen) atoms. The second-order valence-corrected chi connectivity index (χ2v) is 13.4. The zero-order chi connectivity index (χ0) is 34.2. The SMILES string of the molecule is CCOc1ccc(N2CC=C[C@]3(CC)O[C@]45C=CCN(CCN6CCOCC6)C(=O)C4N([C@H](CO)c4ccccc4)C(=O)[C@@H]5[C@@H]3C2=O)cc1. The largest absolute Gasteiger partial charge is 0.494 e. The van der Waals surface area contributed by atoms with Gasteiger partial charge in [0.05, 0.1) is 49.9 Å². The predicted molar refractivity (Wildman–Crippen MR) is 183 cm³/mol. The predicted octanol–water partition coefficient (Wildman–Crippen LogP) is 2.81. The van der Waals surface area contributed by atoms with Crippen LogP contribution >= 0.6 is 0 Å². The van der Waals surface area contributed by atoms with Crippen molar-refractivity contribution in [2.24, 2.45) is 11.8 Å². The van der Waals surface area contributed by atoms with Gasteiger partial charge in [-0.2, -0.15) is 0 Å². The highest BCUT2D eigenvalue weighted by molar-refractivity contribution is 6.04. The molecule has 5 aliphatic heterocycles. The Bertz CT molecular complexity index is 1590. The van der Waals surface area contributed by atoms with Crippen LogP contribution in [0.3, 0.4) is 0 Å². The normalized spacial score (nSPS) is 30.6. The van der Waals surface area contributed by atoms with E-state index in [0.29, 0.717) is 69.4 Å². The lowest BCUT2D eigenvalue weighted by Crippen LogP contribution is -2.57. The van der Waals surface area contributed by atoms with Crippen LogP contribution in [0, 0.1) is 11.8 Å². The molecular formula is C38H46N4O7. The number of benzene rings is 2. The van der Waals surface area contributed by atoms with Crippen molar-refractivity contribution < 1.29 is 33.7 Å². The molecule has 6 atom stereocenters. The smallest absolute Gasteiger partial charge is 0.249 e. The van der Waals surface area contributed by atoms with Crippen molar-refractivity contribution in [3.8, 4) is 5.75 Å². The van der Waals surface area contributed by atoms with E-state index < -0.39 is 41.7 Å². The first-order valence-corrected chi connectivity index (χ1v) is 17.5. The molecular weight excluding hydrogens is 624 g/mol. The second kappa shape index (κ2) is 13.7. The topological polar surface area (TPSA) is 112 Å². The summed E-state index contributed by atoms with van der Waals surface area (Å²) in [6.45, 7) is 8.70. The Balaban J connectivity index is 1.31. The monoisotopic (exact) mass is 670 g/mol. The van der Waals surface area contributed by atoms with Crippen LogP contribution in [0.4, 0.5) is 5.69 Å². The van der Waals surface area contributed by atoms with Crippen molar-refractivity contribution in [3.63, 3.8) is 0 Å². The average molecular weight is 671 g/mol. The lowest BCUT2D eigenvalue weighted by atomic mass is 9.73. The maximum atomic E-state index is 15.1. The molecule has 11 nitrogen and oxygen atoms in total. The average Bonchev–Trinajstić information content (AvgIpc) is 3.42. The molecule has 0 saturated carbocycles. The van der Waals surface area contributed by atoms with Gasteiger partial charge in [0.25, 0.3) is 0 Å². The van der Waals surface area contributed by atoms with Gasteiger partial charge in [0.15, 0.2) is 0 Å². The Morgan fingerprint density at radius 1 is 0.878 bits per heavy atom. The summed E-state index contributed by atoms with van der Waals surface area (Å²) in [5.74, 6) is -2.04.